The van der Waals surface area contributed by atoms with Gasteiger partial charge in [0.1, 0.15) is 11.5 Å². The summed E-state index contributed by atoms with van der Waals surface area (Å²) in [4.78, 5) is 0. The molecule has 0 aromatic heterocycles. The van der Waals surface area contributed by atoms with E-state index in [1.165, 1.54) is 0 Å². The first-order valence-corrected chi connectivity index (χ1v) is 8.29. The highest BCUT2D eigenvalue weighted by atomic mass is 16.3. The first-order valence-electron chi connectivity index (χ1n) is 8.29. The van der Waals surface area contributed by atoms with Crippen molar-refractivity contribution < 1.29 is 10.2 Å². The maximum absolute atomic E-state index is 10.5. The lowest BCUT2D eigenvalue weighted by atomic mass is 9.88. The number of hydrogen-bond donors (Lipinski definition) is 2. The van der Waals surface area contributed by atoms with Crippen LogP contribution >= 0.6 is 0 Å². The fraction of sp³-hybridized carbons (Fsp3) is 0.273. The van der Waals surface area contributed by atoms with Gasteiger partial charge in [0.25, 0.3) is 0 Å². The van der Waals surface area contributed by atoms with Crippen LogP contribution in [0.15, 0.2) is 49.6 Å². The molecule has 0 unspecified atom stereocenters. The van der Waals surface area contributed by atoms with E-state index in [0.29, 0.717) is 24.3 Å². The Hall–Kier alpha value is -2.48. The van der Waals surface area contributed by atoms with Crippen molar-refractivity contribution in [3.05, 3.63) is 71.8 Å². The van der Waals surface area contributed by atoms with Gasteiger partial charge in [-0.1, -0.05) is 26.0 Å². The monoisotopic (exact) mass is 322 g/mol. The van der Waals surface area contributed by atoms with Crippen molar-refractivity contribution in [1.82, 2.24) is 0 Å². The SMILES string of the molecule is C=CCc1cc(-c2cc(C)c(O)cc2C(C)C)cc(CC=C)c1O. The molecule has 2 rings (SSSR count). The molecule has 24 heavy (non-hydrogen) atoms. The molecule has 0 radical (unpaired) electrons. The Balaban J connectivity index is 2.73. The summed E-state index contributed by atoms with van der Waals surface area (Å²) in [5.74, 6) is 0.921. The van der Waals surface area contributed by atoms with Gasteiger partial charge in [-0.3, -0.25) is 0 Å². The van der Waals surface area contributed by atoms with Crippen molar-refractivity contribution in [3.63, 3.8) is 0 Å². The minimum atomic E-state index is 0.283. The second-order valence-electron chi connectivity index (χ2n) is 6.51. The van der Waals surface area contributed by atoms with Gasteiger partial charge >= 0.3 is 0 Å². The van der Waals surface area contributed by atoms with Gasteiger partial charge in [-0.2, -0.15) is 0 Å². The van der Waals surface area contributed by atoms with Crippen molar-refractivity contribution in [2.24, 2.45) is 0 Å². The van der Waals surface area contributed by atoms with E-state index in [1.54, 1.807) is 12.2 Å². The average Bonchev–Trinajstić information content (AvgIpc) is 2.53. The van der Waals surface area contributed by atoms with E-state index in [-0.39, 0.29) is 5.92 Å². The summed E-state index contributed by atoms with van der Waals surface area (Å²) in [6.45, 7) is 13.7. The van der Waals surface area contributed by atoms with Crippen molar-refractivity contribution in [2.75, 3.05) is 0 Å². The van der Waals surface area contributed by atoms with Crippen LogP contribution < -0.4 is 0 Å². The van der Waals surface area contributed by atoms with Crippen LogP contribution in [0.2, 0.25) is 0 Å². The summed E-state index contributed by atoms with van der Waals surface area (Å²) in [5, 5.41) is 20.5. The zero-order valence-electron chi connectivity index (χ0n) is 14.8. The molecule has 0 atom stereocenters. The molecule has 2 nitrogen and oxygen atoms in total. The van der Waals surface area contributed by atoms with Crippen LogP contribution in [0, 0.1) is 6.92 Å². The number of benzene rings is 2. The molecule has 2 aromatic carbocycles. The maximum Gasteiger partial charge on any atom is 0.122 e. The van der Waals surface area contributed by atoms with Crippen LogP contribution in [0.4, 0.5) is 0 Å². The van der Waals surface area contributed by atoms with Crippen LogP contribution in [-0.4, -0.2) is 10.2 Å². The lowest BCUT2D eigenvalue weighted by Crippen LogP contribution is -1.97. The quantitative estimate of drug-likeness (QED) is 0.674. The lowest BCUT2D eigenvalue weighted by Gasteiger charge is -2.18. The van der Waals surface area contributed by atoms with Gasteiger partial charge in [0.2, 0.25) is 0 Å². The highest BCUT2D eigenvalue weighted by Gasteiger charge is 2.15. The molecule has 0 aliphatic carbocycles. The molecular weight excluding hydrogens is 296 g/mol. The molecule has 0 fully saturated rings. The van der Waals surface area contributed by atoms with Crippen LogP contribution in [-0.2, 0) is 12.8 Å². The summed E-state index contributed by atoms with van der Waals surface area (Å²) in [6, 6.07) is 7.90. The van der Waals surface area contributed by atoms with Crippen LogP contribution in [0.25, 0.3) is 11.1 Å². The molecule has 126 valence electrons. The van der Waals surface area contributed by atoms with Gasteiger partial charge in [0.05, 0.1) is 0 Å². The van der Waals surface area contributed by atoms with E-state index in [9.17, 15) is 10.2 Å². The topological polar surface area (TPSA) is 40.5 Å². The van der Waals surface area contributed by atoms with Crippen molar-refractivity contribution in [2.45, 2.75) is 39.5 Å². The predicted octanol–water partition coefficient (Wildman–Crippen LogP) is 5.65. The van der Waals surface area contributed by atoms with E-state index < -0.39 is 0 Å². The Kier molecular flexibility index (Phi) is 5.50. The van der Waals surface area contributed by atoms with Crippen molar-refractivity contribution in [3.8, 4) is 22.6 Å². The summed E-state index contributed by atoms with van der Waals surface area (Å²) in [7, 11) is 0. The summed E-state index contributed by atoms with van der Waals surface area (Å²) in [6.07, 6.45) is 4.81. The fourth-order valence-corrected chi connectivity index (χ4v) is 2.98. The van der Waals surface area contributed by atoms with Crippen molar-refractivity contribution in [1.29, 1.82) is 0 Å². The van der Waals surface area contributed by atoms with Crippen molar-refractivity contribution >= 4 is 0 Å². The van der Waals surface area contributed by atoms with Crippen LogP contribution in [0.5, 0.6) is 11.5 Å². The van der Waals surface area contributed by atoms with Gasteiger partial charge < -0.3 is 10.2 Å². The normalized spacial score (nSPS) is 10.8. The molecule has 0 saturated heterocycles. The number of aryl methyl sites for hydroxylation is 1. The smallest absolute Gasteiger partial charge is 0.122 e. The number of rotatable bonds is 6. The standard InChI is InChI=1S/C22H26O2/c1-6-8-16-11-18(12-17(9-7-2)22(16)24)20-10-15(5)21(23)13-19(20)14(3)4/h6-7,10-14,23-24H,1-2,8-9H2,3-5H3. The van der Waals surface area contributed by atoms with Crippen LogP contribution in [0.1, 0.15) is 42.0 Å². The molecule has 0 amide bonds. The predicted molar refractivity (Wildman–Crippen MR) is 102 cm³/mol. The summed E-state index contributed by atoms with van der Waals surface area (Å²) >= 11 is 0. The third-order valence-corrected chi connectivity index (χ3v) is 4.30. The first-order chi connectivity index (χ1) is 11.4. The largest absolute Gasteiger partial charge is 0.508 e. The zero-order chi connectivity index (χ0) is 17.9. The van der Waals surface area contributed by atoms with Gasteiger partial charge in [-0.25, -0.2) is 0 Å². The van der Waals surface area contributed by atoms with Gasteiger partial charge in [-0.15, -0.1) is 13.2 Å². The first kappa shape index (κ1) is 17.9. The van der Waals surface area contributed by atoms with E-state index in [1.807, 2.05) is 31.2 Å². The molecule has 0 aliphatic rings. The zero-order valence-corrected chi connectivity index (χ0v) is 14.8. The van der Waals surface area contributed by atoms with E-state index in [4.69, 9.17) is 0 Å². The third-order valence-electron chi connectivity index (χ3n) is 4.30. The molecule has 2 aromatic rings. The molecule has 0 saturated carbocycles. The number of phenols is 2. The molecule has 0 aliphatic heterocycles. The molecule has 2 heteroatoms. The van der Waals surface area contributed by atoms with E-state index in [0.717, 1.165) is 33.4 Å². The minimum Gasteiger partial charge on any atom is -0.508 e. The number of phenolic OH excluding ortho intramolecular Hbond substituents is 2. The fourth-order valence-electron chi connectivity index (χ4n) is 2.98. The molecular formula is C22H26O2. The van der Waals surface area contributed by atoms with Crippen LogP contribution in [0.3, 0.4) is 0 Å². The Labute approximate surface area is 144 Å². The summed E-state index contributed by atoms with van der Waals surface area (Å²) < 4.78 is 0. The van der Waals surface area contributed by atoms with Gasteiger partial charge in [0.15, 0.2) is 0 Å². The second kappa shape index (κ2) is 7.39. The minimum absolute atomic E-state index is 0.283. The molecule has 0 heterocycles. The van der Waals surface area contributed by atoms with Gasteiger partial charge in [0, 0.05) is 0 Å². The highest BCUT2D eigenvalue weighted by molar-refractivity contribution is 5.73. The Morgan fingerprint density at radius 3 is 1.96 bits per heavy atom. The number of allylic oxidation sites excluding steroid dienone is 2. The molecule has 0 spiro atoms. The second-order valence-corrected chi connectivity index (χ2v) is 6.51. The third kappa shape index (κ3) is 3.53. The maximum atomic E-state index is 10.5. The Morgan fingerprint density at radius 2 is 1.50 bits per heavy atom. The van der Waals surface area contributed by atoms with E-state index >= 15 is 0 Å². The number of hydrogen-bond acceptors (Lipinski definition) is 2. The van der Waals surface area contributed by atoms with Gasteiger partial charge in [-0.05, 0) is 83.3 Å². The molecule has 0 bridgehead atoms. The Bertz CT molecular complexity index is 739. The summed E-state index contributed by atoms with van der Waals surface area (Å²) in [5.41, 5.74) is 5.81. The Morgan fingerprint density at radius 1 is 0.958 bits per heavy atom. The highest BCUT2D eigenvalue weighted by Crippen LogP contribution is 2.37. The number of aromatic hydroxyl groups is 2. The molecule has 2 N–H and O–H groups in total. The average molecular weight is 322 g/mol. The van der Waals surface area contributed by atoms with E-state index in [2.05, 4.69) is 27.0 Å². The lowest BCUT2D eigenvalue weighted by molar-refractivity contribution is 0.464.